The van der Waals surface area contributed by atoms with Crippen LogP contribution in [0.25, 0.3) is 0 Å². The van der Waals surface area contributed by atoms with Crippen molar-refractivity contribution in [1.29, 1.82) is 0 Å². The quantitative estimate of drug-likeness (QED) is 0.476. The number of ketones is 1. The van der Waals surface area contributed by atoms with E-state index in [-0.39, 0.29) is 18.7 Å². The molecule has 0 radical (unpaired) electrons. The second-order valence-corrected chi connectivity index (χ2v) is 11.9. The number of aromatic nitrogens is 2. The molecule has 0 spiro atoms. The zero-order chi connectivity index (χ0) is 24.4. The van der Waals surface area contributed by atoms with Gasteiger partial charge in [0, 0.05) is 43.4 Å². The Morgan fingerprint density at radius 1 is 1.23 bits per heavy atom. The molecular weight excluding hydrogens is 470 g/mol. The lowest BCUT2D eigenvalue weighted by atomic mass is 9.78. The highest BCUT2D eigenvalue weighted by Gasteiger charge is 2.37. The summed E-state index contributed by atoms with van der Waals surface area (Å²) in [7, 11) is 0. The molecule has 0 atom stereocenters. The maximum absolute atomic E-state index is 13.8. The number of nitrogens with zero attached hydrogens (tertiary/aromatic N) is 4. The van der Waals surface area contributed by atoms with E-state index >= 15 is 0 Å². The summed E-state index contributed by atoms with van der Waals surface area (Å²) in [4.78, 5) is 22.7. The van der Waals surface area contributed by atoms with Crippen molar-refractivity contribution in [3.05, 3.63) is 28.1 Å². The SMILES string of the molecule is Cc1cc(CC(=O)CC2CCC(CCN3CCc4sc(N5CCCC(F)(F)C5)nc4C3)CC2)on1. The number of rotatable bonds is 8. The van der Waals surface area contributed by atoms with Crippen LogP contribution < -0.4 is 4.90 Å². The fourth-order valence-electron chi connectivity index (χ4n) is 5.87. The summed E-state index contributed by atoms with van der Waals surface area (Å²) in [6.45, 7) is 5.27. The monoisotopic (exact) mass is 506 g/mol. The zero-order valence-electron chi connectivity index (χ0n) is 20.6. The molecule has 9 heteroatoms. The van der Waals surface area contributed by atoms with Crippen molar-refractivity contribution in [2.45, 2.75) is 83.6 Å². The lowest BCUT2D eigenvalue weighted by molar-refractivity contribution is -0.119. The first-order valence-electron chi connectivity index (χ1n) is 13.1. The average Bonchev–Trinajstić information content (AvgIpc) is 3.43. The molecule has 1 saturated heterocycles. The molecule has 0 unspecified atom stereocenters. The average molecular weight is 507 g/mol. The predicted molar refractivity (Wildman–Crippen MR) is 132 cm³/mol. The molecule has 192 valence electrons. The maximum Gasteiger partial charge on any atom is 0.265 e. The van der Waals surface area contributed by atoms with E-state index in [4.69, 9.17) is 9.51 Å². The zero-order valence-corrected chi connectivity index (χ0v) is 21.4. The van der Waals surface area contributed by atoms with E-state index < -0.39 is 5.92 Å². The number of alkyl halides is 2. The number of aryl methyl sites for hydroxylation is 1. The molecule has 0 bridgehead atoms. The van der Waals surface area contributed by atoms with Crippen LogP contribution in [0.1, 0.15) is 73.4 Å². The van der Waals surface area contributed by atoms with Crippen LogP contribution >= 0.6 is 11.3 Å². The van der Waals surface area contributed by atoms with Gasteiger partial charge in [0.05, 0.1) is 24.4 Å². The number of hydrogen-bond acceptors (Lipinski definition) is 7. The highest BCUT2D eigenvalue weighted by molar-refractivity contribution is 7.15. The molecule has 35 heavy (non-hydrogen) atoms. The first-order valence-corrected chi connectivity index (χ1v) is 13.9. The van der Waals surface area contributed by atoms with Gasteiger partial charge in [-0.15, -0.1) is 11.3 Å². The van der Waals surface area contributed by atoms with Gasteiger partial charge in [0.1, 0.15) is 11.5 Å². The van der Waals surface area contributed by atoms with Crippen LogP contribution in [0.4, 0.5) is 13.9 Å². The first-order chi connectivity index (χ1) is 16.8. The Bertz CT molecular complexity index is 1010. The summed E-state index contributed by atoms with van der Waals surface area (Å²) < 4.78 is 32.9. The van der Waals surface area contributed by atoms with Gasteiger partial charge in [-0.2, -0.15) is 0 Å². The molecule has 4 heterocycles. The number of hydrogen-bond donors (Lipinski definition) is 0. The second kappa shape index (κ2) is 10.6. The Morgan fingerprint density at radius 2 is 2.03 bits per heavy atom. The number of halogens is 2. The van der Waals surface area contributed by atoms with Gasteiger partial charge in [0.15, 0.2) is 5.13 Å². The number of piperidine rings is 1. The molecule has 0 N–H and O–H groups in total. The number of carbonyl (C=O) groups excluding carboxylic acids is 1. The van der Waals surface area contributed by atoms with Crippen LogP contribution in [0.5, 0.6) is 0 Å². The number of thiazole rings is 1. The Balaban J connectivity index is 1.03. The van der Waals surface area contributed by atoms with Crippen molar-refractivity contribution in [1.82, 2.24) is 15.0 Å². The van der Waals surface area contributed by atoms with E-state index in [1.165, 1.54) is 24.1 Å². The van der Waals surface area contributed by atoms with Crippen LogP contribution in [-0.4, -0.2) is 52.9 Å². The number of anilines is 1. The van der Waals surface area contributed by atoms with E-state index in [0.717, 1.165) is 61.3 Å². The Hall–Kier alpha value is -1.87. The van der Waals surface area contributed by atoms with E-state index in [9.17, 15) is 13.6 Å². The van der Waals surface area contributed by atoms with Crippen molar-refractivity contribution < 1.29 is 18.1 Å². The summed E-state index contributed by atoms with van der Waals surface area (Å²) in [5.41, 5.74) is 1.91. The van der Waals surface area contributed by atoms with Gasteiger partial charge in [-0.25, -0.2) is 13.8 Å². The molecule has 2 aromatic heterocycles. The number of Topliss-reactive ketones (excluding diaryl/α,β-unsaturated/α-hetero) is 1. The van der Waals surface area contributed by atoms with E-state index in [1.54, 1.807) is 16.2 Å². The van der Waals surface area contributed by atoms with Crippen LogP contribution in [-0.2, 0) is 24.2 Å². The fraction of sp³-hybridized carbons (Fsp3) is 0.731. The molecule has 2 aromatic rings. The lowest BCUT2D eigenvalue weighted by Gasteiger charge is -2.32. The number of carbonyl (C=O) groups is 1. The highest BCUT2D eigenvalue weighted by Crippen LogP contribution is 2.36. The van der Waals surface area contributed by atoms with Gasteiger partial charge in [0.2, 0.25) is 0 Å². The van der Waals surface area contributed by atoms with E-state index in [1.807, 2.05) is 13.0 Å². The molecule has 5 rings (SSSR count). The van der Waals surface area contributed by atoms with E-state index in [0.29, 0.717) is 37.5 Å². The third-order valence-electron chi connectivity index (χ3n) is 7.84. The normalized spacial score (nSPS) is 24.9. The molecule has 3 aliphatic rings. The van der Waals surface area contributed by atoms with Crippen molar-refractivity contribution in [2.75, 3.05) is 31.1 Å². The molecular formula is C26H36F2N4O2S. The van der Waals surface area contributed by atoms with Crippen molar-refractivity contribution >= 4 is 22.3 Å². The predicted octanol–water partition coefficient (Wildman–Crippen LogP) is 5.43. The van der Waals surface area contributed by atoms with Crippen LogP contribution in [0.15, 0.2) is 10.6 Å². The van der Waals surface area contributed by atoms with Gasteiger partial charge < -0.3 is 9.42 Å². The lowest BCUT2D eigenvalue weighted by Crippen LogP contribution is -2.42. The summed E-state index contributed by atoms with van der Waals surface area (Å²) in [6, 6.07) is 1.84. The molecule has 2 aliphatic heterocycles. The third-order valence-corrected chi connectivity index (χ3v) is 9.06. The largest absolute Gasteiger partial charge is 0.361 e. The summed E-state index contributed by atoms with van der Waals surface area (Å²) in [5, 5.41) is 4.64. The molecule has 0 aromatic carbocycles. The first kappa shape index (κ1) is 24.8. The van der Waals surface area contributed by atoms with Gasteiger partial charge >= 0.3 is 0 Å². The maximum atomic E-state index is 13.8. The van der Waals surface area contributed by atoms with E-state index in [2.05, 4.69) is 10.1 Å². The molecule has 1 saturated carbocycles. The van der Waals surface area contributed by atoms with Gasteiger partial charge in [-0.3, -0.25) is 9.69 Å². The molecule has 2 fully saturated rings. The van der Waals surface area contributed by atoms with Crippen LogP contribution in [0, 0.1) is 18.8 Å². The molecule has 1 aliphatic carbocycles. The topological polar surface area (TPSA) is 62.5 Å². The van der Waals surface area contributed by atoms with Gasteiger partial charge in [-0.05, 0) is 57.4 Å². The minimum Gasteiger partial charge on any atom is -0.361 e. The fourth-order valence-corrected chi connectivity index (χ4v) is 6.95. The summed E-state index contributed by atoms with van der Waals surface area (Å²) in [6.07, 6.45) is 8.33. The van der Waals surface area contributed by atoms with Gasteiger partial charge in [-0.1, -0.05) is 18.0 Å². The highest BCUT2D eigenvalue weighted by atomic mass is 32.1. The van der Waals surface area contributed by atoms with Crippen molar-refractivity contribution in [3.63, 3.8) is 0 Å². The molecule has 6 nitrogen and oxygen atoms in total. The van der Waals surface area contributed by atoms with Crippen molar-refractivity contribution in [3.8, 4) is 0 Å². The van der Waals surface area contributed by atoms with Crippen molar-refractivity contribution in [2.24, 2.45) is 11.8 Å². The smallest absolute Gasteiger partial charge is 0.265 e. The van der Waals surface area contributed by atoms with Crippen LogP contribution in [0.3, 0.4) is 0 Å². The van der Waals surface area contributed by atoms with Crippen LogP contribution in [0.2, 0.25) is 0 Å². The third kappa shape index (κ3) is 6.47. The minimum absolute atomic E-state index is 0.0109. The Morgan fingerprint density at radius 3 is 2.77 bits per heavy atom. The second-order valence-electron chi connectivity index (χ2n) is 10.8. The Labute approximate surface area is 210 Å². The minimum atomic E-state index is -2.60. The van der Waals surface area contributed by atoms with Gasteiger partial charge in [0.25, 0.3) is 5.92 Å². The molecule has 0 amide bonds. The number of fused-ring (bicyclic) bond motifs is 1. The summed E-state index contributed by atoms with van der Waals surface area (Å²) >= 11 is 1.62. The standard InChI is InChI=1S/C26H36F2N4O2S/c1-18-13-22(34-30-18)15-21(33)14-20-5-3-19(4-6-20)7-11-31-12-8-24-23(16-31)29-25(35-24)32-10-2-9-26(27,28)17-32/h13,19-20H,2-12,14-17H2,1H3. The Kier molecular flexibility index (Phi) is 7.53. The summed E-state index contributed by atoms with van der Waals surface area (Å²) in [5.74, 6) is -0.451.